The number of hydrogen-bond donors (Lipinski definition) is 3. The van der Waals surface area contributed by atoms with E-state index >= 15 is 0 Å². The van der Waals surface area contributed by atoms with Crippen molar-refractivity contribution in [1.82, 2.24) is 19.9 Å². The van der Waals surface area contributed by atoms with Crippen LogP contribution in [-0.4, -0.2) is 20.6 Å². The molecule has 0 saturated heterocycles. The molecule has 7 nitrogen and oxygen atoms in total. The number of fused-ring (bicyclic) bond motifs is 1. The van der Waals surface area contributed by atoms with Gasteiger partial charge in [0.15, 0.2) is 5.65 Å². The van der Waals surface area contributed by atoms with Crippen LogP contribution in [0.25, 0.3) is 16.9 Å². The quantitative estimate of drug-likeness (QED) is 0.190. The second-order valence-electron chi connectivity index (χ2n) is 8.52. The predicted molar refractivity (Wildman–Crippen MR) is 152 cm³/mol. The summed E-state index contributed by atoms with van der Waals surface area (Å²) in [6.45, 7) is 2.46. The number of hydrogen-bond acceptors (Lipinski definition) is 4. The molecule has 9 heteroatoms. The highest BCUT2D eigenvalue weighted by molar-refractivity contribution is 9.10. The van der Waals surface area contributed by atoms with Crippen LogP contribution < -0.4 is 16.0 Å². The van der Waals surface area contributed by atoms with E-state index in [9.17, 15) is 4.79 Å². The van der Waals surface area contributed by atoms with E-state index in [1.807, 2.05) is 91.9 Å². The van der Waals surface area contributed by atoms with Gasteiger partial charge in [-0.05, 0) is 52.2 Å². The van der Waals surface area contributed by atoms with E-state index in [2.05, 4.69) is 37.0 Å². The van der Waals surface area contributed by atoms with Crippen LogP contribution in [0, 0.1) is 0 Å². The molecule has 5 aromatic rings. The third-order valence-electron chi connectivity index (χ3n) is 5.88. The van der Waals surface area contributed by atoms with Crippen molar-refractivity contribution in [1.29, 1.82) is 0 Å². The van der Waals surface area contributed by atoms with Crippen molar-refractivity contribution in [2.75, 3.05) is 10.6 Å². The summed E-state index contributed by atoms with van der Waals surface area (Å²) in [5.41, 5.74) is 4.99. The number of nitrogens with one attached hydrogen (secondary N) is 3. The number of nitrogens with zero attached hydrogens (tertiary/aromatic N) is 3. The van der Waals surface area contributed by atoms with Gasteiger partial charge in [-0.2, -0.15) is 9.61 Å². The third kappa shape index (κ3) is 5.76. The van der Waals surface area contributed by atoms with Crippen molar-refractivity contribution in [2.24, 2.45) is 0 Å². The molecular weight excluding hydrogens is 552 g/mol. The number of aromatic nitrogens is 3. The van der Waals surface area contributed by atoms with Crippen molar-refractivity contribution < 1.29 is 4.79 Å². The fourth-order valence-electron chi connectivity index (χ4n) is 4.01. The SMILES string of the molecule is C[C@@H](NC(=O)Nc1cccc(CNc2cc(-c3ccccc3Cl)nc3c(Br)cnn23)c1)c1ccccc1. The molecule has 3 N–H and O–H groups in total. The average molecular weight is 576 g/mol. The Hall–Kier alpha value is -3.88. The Morgan fingerprint density at radius 3 is 2.62 bits per heavy atom. The van der Waals surface area contributed by atoms with Gasteiger partial charge in [0.2, 0.25) is 0 Å². The van der Waals surface area contributed by atoms with Crippen LogP contribution in [-0.2, 0) is 6.54 Å². The minimum atomic E-state index is -0.261. The Morgan fingerprint density at radius 1 is 1.03 bits per heavy atom. The maximum Gasteiger partial charge on any atom is 0.319 e. The maximum absolute atomic E-state index is 12.6. The van der Waals surface area contributed by atoms with Crippen LogP contribution in [0.3, 0.4) is 0 Å². The van der Waals surface area contributed by atoms with Gasteiger partial charge in [0, 0.05) is 28.9 Å². The second-order valence-corrected chi connectivity index (χ2v) is 9.78. The lowest BCUT2D eigenvalue weighted by Gasteiger charge is -2.15. The lowest BCUT2D eigenvalue weighted by Crippen LogP contribution is -2.31. The fourth-order valence-corrected chi connectivity index (χ4v) is 4.59. The zero-order chi connectivity index (χ0) is 25.8. The van der Waals surface area contributed by atoms with Gasteiger partial charge >= 0.3 is 6.03 Å². The summed E-state index contributed by atoms with van der Waals surface area (Å²) in [4.78, 5) is 17.3. The summed E-state index contributed by atoms with van der Waals surface area (Å²) < 4.78 is 2.52. The van der Waals surface area contributed by atoms with Gasteiger partial charge in [-0.1, -0.05) is 72.3 Å². The molecule has 1 atom stereocenters. The summed E-state index contributed by atoms with van der Waals surface area (Å²) in [6.07, 6.45) is 1.71. The third-order valence-corrected chi connectivity index (χ3v) is 6.77. The standard InChI is InChI=1S/C28H24BrClN6O/c1-18(20-9-3-2-4-10-20)33-28(37)34-21-11-7-8-19(14-21)16-31-26-15-25(22-12-5-6-13-24(22)30)35-27-23(29)17-32-36(26)27/h2-15,17-18,31H,16H2,1H3,(H2,33,34,37)/t18-/m1/s1. The molecule has 2 heterocycles. The number of benzene rings is 3. The van der Waals surface area contributed by atoms with Gasteiger partial charge < -0.3 is 16.0 Å². The minimum absolute atomic E-state index is 0.110. The summed E-state index contributed by atoms with van der Waals surface area (Å²) in [5.74, 6) is 0.762. The van der Waals surface area contributed by atoms with Crippen LogP contribution in [0.2, 0.25) is 5.02 Å². The van der Waals surface area contributed by atoms with E-state index < -0.39 is 0 Å². The second kappa shape index (κ2) is 11.0. The van der Waals surface area contributed by atoms with Crippen molar-refractivity contribution >= 4 is 50.7 Å². The average Bonchev–Trinajstić information content (AvgIpc) is 3.29. The molecule has 0 aliphatic heterocycles. The first-order valence-corrected chi connectivity index (χ1v) is 12.9. The molecule has 2 amide bonds. The lowest BCUT2D eigenvalue weighted by atomic mass is 10.1. The van der Waals surface area contributed by atoms with E-state index in [0.717, 1.165) is 32.7 Å². The number of halogens is 2. The molecule has 0 radical (unpaired) electrons. The van der Waals surface area contributed by atoms with Crippen molar-refractivity contribution in [3.8, 4) is 11.3 Å². The van der Waals surface area contributed by atoms with E-state index in [0.29, 0.717) is 22.9 Å². The molecule has 37 heavy (non-hydrogen) atoms. The molecule has 3 aromatic carbocycles. The molecule has 0 saturated carbocycles. The maximum atomic E-state index is 12.6. The number of carbonyl (C=O) groups is 1. The van der Waals surface area contributed by atoms with Gasteiger partial charge in [0.05, 0.1) is 22.4 Å². The molecule has 186 valence electrons. The molecule has 0 spiro atoms. The number of amides is 2. The van der Waals surface area contributed by atoms with Crippen LogP contribution in [0.4, 0.5) is 16.3 Å². The van der Waals surface area contributed by atoms with Crippen LogP contribution in [0.15, 0.2) is 95.6 Å². The molecule has 0 fully saturated rings. The highest BCUT2D eigenvalue weighted by atomic mass is 79.9. The molecular formula is C28H24BrClN6O. The van der Waals surface area contributed by atoms with Crippen LogP contribution in [0.1, 0.15) is 24.1 Å². The Bertz CT molecular complexity index is 1560. The Morgan fingerprint density at radius 2 is 1.81 bits per heavy atom. The minimum Gasteiger partial charge on any atom is -0.366 e. The first-order valence-electron chi connectivity index (χ1n) is 11.7. The molecule has 0 unspecified atom stereocenters. The summed E-state index contributed by atoms with van der Waals surface area (Å²) in [7, 11) is 0. The predicted octanol–water partition coefficient (Wildman–Crippen LogP) is 7.31. The summed E-state index contributed by atoms with van der Waals surface area (Å²) in [5, 5.41) is 14.4. The molecule has 0 aliphatic rings. The Balaban J connectivity index is 1.31. The molecule has 0 aliphatic carbocycles. The van der Waals surface area contributed by atoms with Gasteiger partial charge in [-0.15, -0.1) is 0 Å². The zero-order valence-electron chi connectivity index (χ0n) is 20.0. The highest BCUT2D eigenvalue weighted by Gasteiger charge is 2.14. The van der Waals surface area contributed by atoms with Crippen molar-refractivity contribution in [3.05, 3.63) is 112 Å². The van der Waals surface area contributed by atoms with E-state index in [1.54, 1.807) is 10.7 Å². The van der Waals surface area contributed by atoms with E-state index in [1.165, 1.54) is 0 Å². The Labute approximate surface area is 228 Å². The van der Waals surface area contributed by atoms with Gasteiger partial charge in [0.1, 0.15) is 5.82 Å². The van der Waals surface area contributed by atoms with Gasteiger partial charge in [-0.25, -0.2) is 9.78 Å². The van der Waals surface area contributed by atoms with Crippen molar-refractivity contribution in [2.45, 2.75) is 19.5 Å². The van der Waals surface area contributed by atoms with Crippen LogP contribution in [0.5, 0.6) is 0 Å². The number of anilines is 2. The van der Waals surface area contributed by atoms with Crippen LogP contribution >= 0.6 is 27.5 Å². The first-order chi connectivity index (χ1) is 18.0. The highest BCUT2D eigenvalue weighted by Crippen LogP contribution is 2.30. The molecule has 0 bridgehead atoms. The largest absolute Gasteiger partial charge is 0.366 e. The van der Waals surface area contributed by atoms with Gasteiger partial charge in [0.25, 0.3) is 0 Å². The number of rotatable bonds is 7. The number of urea groups is 1. The van der Waals surface area contributed by atoms with E-state index in [4.69, 9.17) is 16.6 Å². The smallest absolute Gasteiger partial charge is 0.319 e. The monoisotopic (exact) mass is 574 g/mol. The fraction of sp³-hybridized carbons (Fsp3) is 0.107. The normalized spacial score (nSPS) is 11.8. The first kappa shape index (κ1) is 24.8. The molecule has 2 aromatic heterocycles. The summed E-state index contributed by atoms with van der Waals surface area (Å²) >= 11 is 9.97. The number of carbonyl (C=O) groups excluding carboxylic acids is 1. The topological polar surface area (TPSA) is 83.4 Å². The van der Waals surface area contributed by atoms with Crippen molar-refractivity contribution in [3.63, 3.8) is 0 Å². The summed E-state index contributed by atoms with van der Waals surface area (Å²) in [6, 6.07) is 26.7. The Kier molecular flexibility index (Phi) is 7.39. The lowest BCUT2D eigenvalue weighted by molar-refractivity contribution is 0.249. The van der Waals surface area contributed by atoms with E-state index in [-0.39, 0.29) is 12.1 Å². The molecule has 5 rings (SSSR count). The zero-order valence-corrected chi connectivity index (χ0v) is 22.3. The van der Waals surface area contributed by atoms with Gasteiger partial charge in [-0.3, -0.25) is 0 Å².